The van der Waals surface area contributed by atoms with Gasteiger partial charge in [-0.3, -0.25) is 4.79 Å². The Morgan fingerprint density at radius 1 is 1.15 bits per heavy atom. The molecule has 2 aromatic heterocycles. The number of nitrogens with zero attached hydrogens (tertiary/aromatic N) is 4. The highest BCUT2D eigenvalue weighted by Gasteiger charge is 2.18. The van der Waals surface area contributed by atoms with E-state index in [1.54, 1.807) is 0 Å². The first-order valence-electron chi connectivity index (χ1n) is 9.41. The largest absolute Gasteiger partial charge is 0.368 e. The highest BCUT2D eigenvalue weighted by Crippen LogP contribution is 2.27. The van der Waals surface area contributed by atoms with Crippen molar-refractivity contribution < 1.29 is 4.79 Å². The van der Waals surface area contributed by atoms with Crippen LogP contribution in [-0.4, -0.2) is 38.7 Å². The lowest BCUT2D eigenvalue weighted by atomic mass is 10.0. The Hall–Kier alpha value is -2.44. The monoisotopic (exact) mass is 356 g/mol. The van der Waals surface area contributed by atoms with Gasteiger partial charge in [0.15, 0.2) is 5.82 Å². The van der Waals surface area contributed by atoms with Crippen molar-refractivity contribution in [1.82, 2.24) is 25.1 Å². The molecule has 0 radical (unpaired) electrons. The summed E-state index contributed by atoms with van der Waals surface area (Å²) in [7, 11) is 0. The van der Waals surface area contributed by atoms with Crippen LogP contribution in [0.4, 0.5) is 5.82 Å². The van der Waals surface area contributed by atoms with Gasteiger partial charge in [-0.15, -0.1) is 0 Å². The molecule has 1 saturated carbocycles. The van der Waals surface area contributed by atoms with Crippen molar-refractivity contribution in [2.24, 2.45) is 5.92 Å². The summed E-state index contributed by atoms with van der Waals surface area (Å²) in [5.74, 6) is 2.90. The molecule has 0 bridgehead atoms. The number of amides is 1. The second kappa shape index (κ2) is 8.29. The predicted octanol–water partition coefficient (Wildman–Crippen LogP) is 2.70. The minimum Gasteiger partial charge on any atom is -0.368 e. The SMILES string of the molecule is Cc1cc(C)n(-c2cc(NCCNC(=O)CC3CCCC3)nc(C)n2)n1. The number of nitrogens with one attached hydrogen (secondary N) is 2. The van der Waals surface area contributed by atoms with Crippen LogP contribution in [0.15, 0.2) is 12.1 Å². The molecule has 1 aliphatic carbocycles. The zero-order valence-electron chi connectivity index (χ0n) is 15.9. The Morgan fingerprint density at radius 2 is 1.92 bits per heavy atom. The van der Waals surface area contributed by atoms with Crippen LogP contribution in [0.3, 0.4) is 0 Å². The van der Waals surface area contributed by atoms with Gasteiger partial charge in [-0.05, 0) is 45.6 Å². The van der Waals surface area contributed by atoms with Gasteiger partial charge in [0.05, 0.1) is 5.69 Å². The van der Waals surface area contributed by atoms with Crippen molar-refractivity contribution in [2.75, 3.05) is 18.4 Å². The number of aromatic nitrogens is 4. The number of hydrogen-bond donors (Lipinski definition) is 2. The lowest BCUT2D eigenvalue weighted by Gasteiger charge is -2.11. The van der Waals surface area contributed by atoms with Gasteiger partial charge in [0.1, 0.15) is 11.6 Å². The number of anilines is 1. The Balaban J connectivity index is 1.51. The maximum Gasteiger partial charge on any atom is 0.220 e. The molecular weight excluding hydrogens is 328 g/mol. The smallest absolute Gasteiger partial charge is 0.220 e. The maximum atomic E-state index is 12.0. The van der Waals surface area contributed by atoms with Gasteiger partial charge < -0.3 is 10.6 Å². The van der Waals surface area contributed by atoms with Gasteiger partial charge in [-0.2, -0.15) is 5.10 Å². The number of aryl methyl sites for hydroxylation is 3. The van der Waals surface area contributed by atoms with E-state index in [9.17, 15) is 4.79 Å². The van der Waals surface area contributed by atoms with Crippen LogP contribution < -0.4 is 10.6 Å². The van der Waals surface area contributed by atoms with Crippen LogP contribution >= 0.6 is 0 Å². The number of hydrogen-bond acceptors (Lipinski definition) is 5. The van der Waals surface area contributed by atoms with Crippen LogP contribution in [0.1, 0.15) is 49.3 Å². The fourth-order valence-electron chi connectivity index (χ4n) is 3.55. The van der Waals surface area contributed by atoms with E-state index in [2.05, 4.69) is 25.7 Å². The van der Waals surface area contributed by atoms with Crippen molar-refractivity contribution in [3.63, 3.8) is 0 Å². The fraction of sp³-hybridized carbons (Fsp3) is 0.579. The summed E-state index contributed by atoms with van der Waals surface area (Å²) in [6.45, 7) is 7.05. The van der Waals surface area contributed by atoms with Crippen molar-refractivity contribution in [2.45, 2.75) is 52.9 Å². The standard InChI is InChI=1S/C19H28N6O/c1-13-10-14(2)25(24-13)18-12-17(22-15(3)23-18)20-8-9-21-19(26)11-16-6-4-5-7-16/h10,12,16H,4-9,11H2,1-3H3,(H,21,26)(H,20,22,23). The molecule has 140 valence electrons. The summed E-state index contributed by atoms with van der Waals surface area (Å²) >= 11 is 0. The van der Waals surface area contributed by atoms with E-state index in [0.717, 1.165) is 23.0 Å². The normalized spacial score (nSPS) is 14.6. The maximum absolute atomic E-state index is 12.0. The second-order valence-electron chi connectivity index (χ2n) is 7.13. The first kappa shape index (κ1) is 18.4. The minimum absolute atomic E-state index is 0.154. The highest BCUT2D eigenvalue weighted by atomic mass is 16.1. The molecule has 1 amide bonds. The first-order valence-corrected chi connectivity index (χ1v) is 9.41. The molecule has 1 fully saturated rings. The van der Waals surface area contributed by atoms with Crippen LogP contribution in [-0.2, 0) is 4.79 Å². The molecule has 0 saturated heterocycles. The molecule has 0 aliphatic heterocycles. The summed E-state index contributed by atoms with van der Waals surface area (Å²) < 4.78 is 1.82. The lowest BCUT2D eigenvalue weighted by molar-refractivity contribution is -0.121. The molecule has 0 aromatic carbocycles. The Bertz CT molecular complexity index is 763. The van der Waals surface area contributed by atoms with Crippen LogP contribution in [0.2, 0.25) is 0 Å². The molecule has 0 unspecified atom stereocenters. The molecule has 2 N–H and O–H groups in total. The molecule has 7 heteroatoms. The summed E-state index contributed by atoms with van der Waals surface area (Å²) in [5, 5.41) is 10.7. The minimum atomic E-state index is 0.154. The molecule has 3 rings (SSSR count). The Kier molecular flexibility index (Phi) is 5.85. The molecule has 0 atom stereocenters. The van der Waals surface area contributed by atoms with Crippen LogP contribution in [0.25, 0.3) is 5.82 Å². The van der Waals surface area contributed by atoms with Crippen molar-refractivity contribution in [3.05, 3.63) is 29.3 Å². The summed E-state index contributed by atoms with van der Waals surface area (Å²) in [6, 6.07) is 3.90. The second-order valence-corrected chi connectivity index (χ2v) is 7.13. The quantitative estimate of drug-likeness (QED) is 0.745. The molecule has 2 aromatic rings. The average molecular weight is 356 g/mol. The number of carbonyl (C=O) groups is 1. The fourth-order valence-corrected chi connectivity index (χ4v) is 3.55. The van der Waals surface area contributed by atoms with Crippen molar-refractivity contribution in [1.29, 1.82) is 0 Å². The van der Waals surface area contributed by atoms with E-state index in [1.165, 1.54) is 25.7 Å². The van der Waals surface area contributed by atoms with Crippen molar-refractivity contribution in [3.8, 4) is 5.82 Å². The van der Waals surface area contributed by atoms with E-state index >= 15 is 0 Å². The molecule has 7 nitrogen and oxygen atoms in total. The third-order valence-corrected chi connectivity index (χ3v) is 4.75. The Labute approximate surface area is 154 Å². The van der Waals surface area contributed by atoms with Crippen LogP contribution in [0, 0.1) is 26.7 Å². The number of carbonyl (C=O) groups excluding carboxylic acids is 1. The molecule has 0 spiro atoms. The van der Waals surface area contributed by atoms with Gasteiger partial charge in [-0.1, -0.05) is 12.8 Å². The third-order valence-electron chi connectivity index (χ3n) is 4.75. The molecule has 26 heavy (non-hydrogen) atoms. The Morgan fingerprint density at radius 3 is 2.62 bits per heavy atom. The third kappa shape index (κ3) is 4.80. The first-order chi connectivity index (χ1) is 12.5. The molecule has 1 aliphatic rings. The van der Waals surface area contributed by atoms with E-state index in [1.807, 2.05) is 37.6 Å². The summed E-state index contributed by atoms with van der Waals surface area (Å²) in [5.41, 5.74) is 1.99. The topological polar surface area (TPSA) is 84.7 Å². The highest BCUT2D eigenvalue weighted by molar-refractivity contribution is 5.76. The molecular formula is C19H28N6O. The average Bonchev–Trinajstić information content (AvgIpc) is 3.20. The zero-order valence-corrected chi connectivity index (χ0v) is 15.9. The van der Waals surface area contributed by atoms with E-state index in [0.29, 0.717) is 31.3 Å². The van der Waals surface area contributed by atoms with Gasteiger partial charge in [-0.25, -0.2) is 14.6 Å². The van der Waals surface area contributed by atoms with Gasteiger partial charge in [0.2, 0.25) is 5.91 Å². The van der Waals surface area contributed by atoms with Crippen molar-refractivity contribution >= 4 is 11.7 Å². The van der Waals surface area contributed by atoms with Gasteiger partial charge in [0, 0.05) is 31.3 Å². The van der Waals surface area contributed by atoms with Crippen LogP contribution in [0.5, 0.6) is 0 Å². The summed E-state index contributed by atoms with van der Waals surface area (Å²) in [4.78, 5) is 20.9. The van der Waals surface area contributed by atoms with Gasteiger partial charge in [0.25, 0.3) is 0 Å². The molecule has 2 heterocycles. The van der Waals surface area contributed by atoms with E-state index in [-0.39, 0.29) is 5.91 Å². The number of rotatable bonds is 7. The van der Waals surface area contributed by atoms with E-state index < -0.39 is 0 Å². The van der Waals surface area contributed by atoms with E-state index in [4.69, 9.17) is 0 Å². The zero-order chi connectivity index (χ0) is 18.5. The summed E-state index contributed by atoms with van der Waals surface area (Å²) in [6.07, 6.45) is 5.59. The lowest BCUT2D eigenvalue weighted by Crippen LogP contribution is -2.30. The van der Waals surface area contributed by atoms with Gasteiger partial charge >= 0.3 is 0 Å². The predicted molar refractivity (Wildman–Crippen MR) is 101 cm³/mol.